The molecular formula is C12H8N2O. The fraction of sp³-hybridized carbons (Fsp3) is 0. The highest BCUT2D eigenvalue weighted by molar-refractivity contribution is 6.03. The Kier molecular flexibility index (Phi) is 1.59. The summed E-state index contributed by atoms with van der Waals surface area (Å²) < 4.78 is 0. The normalized spacial score (nSPS) is 10.9. The van der Waals surface area contributed by atoms with Gasteiger partial charge in [0, 0.05) is 5.10 Å². The van der Waals surface area contributed by atoms with Gasteiger partial charge in [0.15, 0.2) is 0 Å². The van der Waals surface area contributed by atoms with Gasteiger partial charge in [0.1, 0.15) is 0 Å². The standard InChI is InChI=1S/C12H8N2O/c15-14-12-10(7-8-13-14)6-5-9-3-1-2-4-11(9)12/h1-8H. The average Bonchev–Trinajstić information content (AvgIpc) is 2.29. The quantitative estimate of drug-likeness (QED) is 0.313. The van der Waals surface area contributed by atoms with Gasteiger partial charge in [0.25, 0.3) is 5.52 Å². The molecule has 3 nitrogen and oxygen atoms in total. The first-order valence-corrected chi connectivity index (χ1v) is 4.72. The molecule has 0 saturated carbocycles. The number of benzene rings is 2. The lowest BCUT2D eigenvalue weighted by Gasteiger charge is -2.01. The summed E-state index contributed by atoms with van der Waals surface area (Å²) in [5.74, 6) is 0. The molecule has 0 fully saturated rings. The Balaban J connectivity index is 2.64. The van der Waals surface area contributed by atoms with E-state index in [0.717, 1.165) is 16.2 Å². The molecule has 1 heterocycles. The van der Waals surface area contributed by atoms with Crippen LogP contribution in [0.25, 0.3) is 21.7 Å². The summed E-state index contributed by atoms with van der Waals surface area (Å²) in [4.78, 5) is 0.678. The first-order valence-electron chi connectivity index (χ1n) is 4.72. The number of aromatic nitrogens is 2. The van der Waals surface area contributed by atoms with E-state index in [9.17, 15) is 5.21 Å². The Morgan fingerprint density at radius 2 is 1.73 bits per heavy atom. The van der Waals surface area contributed by atoms with Crippen molar-refractivity contribution < 1.29 is 4.85 Å². The van der Waals surface area contributed by atoms with Gasteiger partial charge in [-0.2, -0.15) is 0 Å². The van der Waals surface area contributed by atoms with Crippen LogP contribution < -0.4 is 4.85 Å². The van der Waals surface area contributed by atoms with Crippen molar-refractivity contribution in [2.75, 3.05) is 0 Å². The summed E-state index contributed by atoms with van der Waals surface area (Å²) in [7, 11) is 0. The fourth-order valence-electron chi connectivity index (χ4n) is 1.85. The SMILES string of the molecule is [O-][n+]1nccc2ccc3ccccc3c21. The van der Waals surface area contributed by atoms with E-state index in [1.165, 1.54) is 6.20 Å². The van der Waals surface area contributed by atoms with E-state index in [-0.39, 0.29) is 0 Å². The topological polar surface area (TPSA) is 39.8 Å². The van der Waals surface area contributed by atoms with E-state index in [0.29, 0.717) is 10.4 Å². The second-order valence-electron chi connectivity index (χ2n) is 3.43. The molecule has 0 aliphatic rings. The van der Waals surface area contributed by atoms with E-state index >= 15 is 0 Å². The van der Waals surface area contributed by atoms with Crippen LogP contribution in [0, 0.1) is 5.21 Å². The molecule has 2 aromatic carbocycles. The summed E-state index contributed by atoms with van der Waals surface area (Å²) in [5, 5.41) is 18.2. The van der Waals surface area contributed by atoms with Gasteiger partial charge in [-0.3, -0.25) is 0 Å². The minimum absolute atomic E-state index is 0.635. The third kappa shape index (κ3) is 1.13. The molecule has 0 aliphatic carbocycles. The van der Waals surface area contributed by atoms with Crippen molar-refractivity contribution in [3.8, 4) is 0 Å². The van der Waals surface area contributed by atoms with E-state index in [1.54, 1.807) is 0 Å². The molecule has 0 bridgehead atoms. The third-order valence-corrected chi connectivity index (χ3v) is 2.55. The van der Waals surface area contributed by atoms with Crippen LogP contribution in [0.1, 0.15) is 0 Å². The van der Waals surface area contributed by atoms with Crippen LogP contribution in [0.4, 0.5) is 0 Å². The molecule has 0 radical (unpaired) electrons. The van der Waals surface area contributed by atoms with Crippen LogP contribution in [0.2, 0.25) is 0 Å². The number of fused-ring (bicyclic) bond motifs is 3. The lowest BCUT2D eigenvalue weighted by Crippen LogP contribution is -2.31. The highest BCUT2D eigenvalue weighted by atomic mass is 16.5. The van der Waals surface area contributed by atoms with Crippen LogP contribution in [-0.2, 0) is 0 Å². The molecule has 0 aliphatic heterocycles. The first-order chi connectivity index (χ1) is 7.36. The molecule has 3 aromatic rings. The Morgan fingerprint density at radius 3 is 2.67 bits per heavy atom. The average molecular weight is 196 g/mol. The zero-order valence-electron chi connectivity index (χ0n) is 7.92. The Bertz CT molecular complexity index is 649. The van der Waals surface area contributed by atoms with Crippen molar-refractivity contribution in [2.45, 2.75) is 0 Å². The van der Waals surface area contributed by atoms with Crippen LogP contribution in [-0.4, -0.2) is 5.10 Å². The number of hydrogen-bond donors (Lipinski definition) is 0. The maximum Gasteiger partial charge on any atom is 0.259 e. The highest BCUT2D eigenvalue weighted by Gasteiger charge is 2.08. The summed E-state index contributed by atoms with van der Waals surface area (Å²) >= 11 is 0. The van der Waals surface area contributed by atoms with Gasteiger partial charge in [0.2, 0.25) is 0 Å². The zero-order chi connectivity index (χ0) is 10.3. The minimum atomic E-state index is 0.635. The van der Waals surface area contributed by atoms with E-state index in [4.69, 9.17) is 0 Å². The molecule has 0 amide bonds. The van der Waals surface area contributed by atoms with Crippen molar-refractivity contribution in [2.24, 2.45) is 0 Å². The Labute approximate surface area is 86.2 Å². The van der Waals surface area contributed by atoms with Crippen molar-refractivity contribution in [1.82, 2.24) is 5.10 Å². The second-order valence-corrected chi connectivity index (χ2v) is 3.43. The van der Waals surface area contributed by atoms with Crippen molar-refractivity contribution in [3.63, 3.8) is 0 Å². The predicted molar refractivity (Wildman–Crippen MR) is 58.2 cm³/mol. The number of rotatable bonds is 0. The molecule has 3 heteroatoms. The monoisotopic (exact) mass is 196 g/mol. The van der Waals surface area contributed by atoms with Gasteiger partial charge in [-0.1, -0.05) is 24.3 Å². The first kappa shape index (κ1) is 8.17. The van der Waals surface area contributed by atoms with Gasteiger partial charge < -0.3 is 5.21 Å². The summed E-state index contributed by atoms with van der Waals surface area (Å²) in [6.07, 6.45) is 1.52. The summed E-state index contributed by atoms with van der Waals surface area (Å²) in [6.45, 7) is 0. The molecule has 72 valence electrons. The van der Waals surface area contributed by atoms with Crippen LogP contribution >= 0.6 is 0 Å². The molecule has 0 unspecified atom stereocenters. The summed E-state index contributed by atoms with van der Waals surface area (Å²) in [6, 6.07) is 13.6. The van der Waals surface area contributed by atoms with Crippen molar-refractivity contribution >= 4 is 21.7 Å². The van der Waals surface area contributed by atoms with Crippen LogP contribution in [0.3, 0.4) is 0 Å². The lowest BCUT2D eigenvalue weighted by atomic mass is 10.1. The Morgan fingerprint density at radius 1 is 0.933 bits per heavy atom. The van der Waals surface area contributed by atoms with E-state index in [2.05, 4.69) is 5.10 Å². The Hall–Kier alpha value is -2.16. The maximum atomic E-state index is 11.6. The molecule has 0 atom stereocenters. The van der Waals surface area contributed by atoms with Gasteiger partial charge in [-0.15, -0.1) is 0 Å². The molecule has 1 aromatic heterocycles. The molecule has 0 spiro atoms. The predicted octanol–water partition coefficient (Wildman–Crippen LogP) is 2.02. The van der Waals surface area contributed by atoms with Gasteiger partial charge in [-0.05, 0) is 28.4 Å². The minimum Gasteiger partial charge on any atom is -0.594 e. The van der Waals surface area contributed by atoms with Crippen molar-refractivity contribution in [3.05, 3.63) is 53.9 Å². The van der Waals surface area contributed by atoms with E-state index < -0.39 is 0 Å². The zero-order valence-corrected chi connectivity index (χ0v) is 7.92. The van der Waals surface area contributed by atoms with Crippen molar-refractivity contribution in [1.29, 1.82) is 0 Å². The molecule has 3 rings (SSSR count). The fourth-order valence-corrected chi connectivity index (χ4v) is 1.85. The molecular weight excluding hydrogens is 188 g/mol. The van der Waals surface area contributed by atoms with Gasteiger partial charge in [-0.25, -0.2) is 0 Å². The largest absolute Gasteiger partial charge is 0.594 e. The smallest absolute Gasteiger partial charge is 0.259 e. The maximum absolute atomic E-state index is 11.6. The van der Waals surface area contributed by atoms with Gasteiger partial charge >= 0.3 is 0 Å². The highest BCUT2D eigenvalue weighted by Crippen LogP contribution is 2.21. The van der Waals surface area contributed by atoms with E-state index in [1.807, 2.05) is 42.5 Å². The van der Waals surface area contributed by atoms with Crippen LogP contribution in [0.15, 0.2) is 48.7 Å². The van der Waals surface area contributed by atoms with Gasteiger partial charge in [0.05, 0.1) is 17.0 Å². The second kappa shape index (κ2) is 2.92. The summed E-state index contributed by atoms with van der Waals surface area (Å²) in [5.41, 5.74) is 0.635. The molecule has 15 heavy (non-hydrogen) atoms. The number of hydrogen-bond acceptors (Lipinski definition) is 2. The molecule has 0 saturated heterocycles. The number of nitrogens with zero attached hydrogens (tertiary/aromatic N) is 2. The van der Waals surface area contributed by atoms with Crippen LogP contribution in [0.5, 0.6) is 0 Å². The third-order valence-electron chi connectivity index (χ3n) is 2.55. The lowest BCUT2D eigenvalue weighted by molar-refractivity contribution is -0.641. The molecule has 0 N–H and O–H groups in total.